The van der Waals surface area contributed by atoms with Gasteiger partial charge in [0.05, 0.1) is 4.92 Å². The minimum Gasteiger partial charge on any atom is -0.379 e. The second kappa shape index (κ2) is 5.87. The molecule has 5 nitrogen and oxygen atoms in total. The Hall–Kier alpha value is -1.86. The van der Waals surface area contributed by atoms with Gasteiger partial charge in [-0.1, -0.05) is 27.7 Å². The van der Waals surface area contributed by atoms with Crippen LogP contribution < -0.4 is 5.32 Å². The van der Waals surface area contributed by atoms with E-state index in [-0.39, 0.29) is 17.0 Å². The Kier molecular flexibility index (Phi) is 4.80. The van der Waals surface area contributed by atoms with E-state index in [0.717, 1.165) is 0 Å². The van der Waals surface area contributed by atoms with Gasteiger partial charge in [0.2, 0.25) is 0 Å². The molecule has 1 N–H and O–H groups in total. The van der Waals surface area contributed by atoms with Crippen LogP contribution >= 0.6 is 0 Å². The topological polar surface area (TPSA) is 68.1 Å². The summed E-state index contributed by atoms with van der Waals surface area (Å²) in [5.41, 5.74) is -2.02. The van der Waals surface area contributed by atoms with Gasteiger partial charge < -0.3 is 5.32 Å². The molecule has 1 aromatic rings. The molecule has 8 heteroatoms. The zero-order valence-electron chi connectivity index (χ0n) is 12.3. The molecule has 21 heavy (non-hydrogen) atoms. The Bertz CT molecular complexity index is 528. The van der Waals surface area contributed by atoms with Crippen molar-refractivity contribution in [2.45, 2.75) is 33.9 Å². The van der Waals surface area contributed by atoms with Crippen molar-refractivity contribution < 1.29 is 18.1 Å². The van der Waals surface area contributed by atoms with Crippen LogP contribution in [0.3, 0.4) is 0 Å². The third kappa shape index (κ3) is 4.30. The SMILES string of the molecule is CC(C)C(C)(C)CNc1cc(C(F)(F)F)ncc1[N+](=O)[O-]. The molecular formula is C13H18F3N3O2. The molecule has 118 valence electrons. The van der Waals surface area contributed by atoms with E-state index in [1.165, 1.54) is 0 Å². The summed E-state index contributed by atoms with van der Waals surface area (Å²) in [4.78, 5) is 13.2. The first-order valence-corrected chi connectivity index (χ1v) is 6.40. The van der Waals surface area contributed by atoms with E-state index < -0.39 is 22.5 Å². The maximum Gasteiger partial charge on any atom is 0.433 e. The fraction of sp³-hybridized carbons (Fsp3) is 0.615. The first-order valence-electron chi connectivity index (χ1n) is 6.40. The first-order chi connectivity index (χ1) is 9.45. The molecule has 0 bridgehead atoms. The Labute approximate surface area is 120 Å². The molecule has 0 atom stereocenters. The molecule has 1 aromatic heterocycles. The van der Waals surface area contributed by atoms with E-state index in [2.05, 4.69) is 10.3 Å². The molecular weight excluding hydrogens is 287 g/mol. The van der Waals surface area contributed by atoms with Gasteiger partial charge in [0.15, 0.2) is 0 Å². The van der Waals surface area contributed by atoms with Crippen LogP contribution in [0.2, 0.25) is 0 Å². The van der Waals surface area contributed by atoms with E-state index in [1.807, 2.05) is 27.7 Å². The van der Waals surface area contributed by atoms with Crippen molar-refractivity contribution >= 4 is 11.4 Å². The predicted octanol–water partition coefficient (Wildman–Crippen LogP) is 4.10. The number of alkyl halides is 3. The molecule has 1 heterocycles. The average Bonchev–Trinajstić information content (AvgIpc) is 2.34. The monoisotopic (exact) mass is 305 g/mol. The summed E-state index contributed by atoms with van der Waals surface area (Å²) in [6, 6.07) is 0.675. The number of hydrogen-bond donors (Lipinski definition) is 1. The second-order valence-corrected chi connectivity index (χ2v) is 5.84. The van der Waals surface area contributed by atoms with Crippen LogP contribution in [0.5, 0.6) is 0 Å². The Morgan fingerprint density at radius 1 is 1.38 bits per heavy atom. The lowest BCUT2D eigenvalue weighted by Gasteiger charge is -2.29. The van der Waals surface area contributed by atoms with Crippen molar-refractivity contribution in [1.82, 2.24) is 4.98 Å². The van der Waals surface area contributed by atoms with Crippen LogP contribution in [0.4, 0.5) is 24.5 Å². The summed E-state index contributed by atoms with van der Waals surface area (Å²) >= 11 is 0. The van der Waals surface area contributed by atoms with Gasteiger partial charge in [0.25, 0.3) is 0 Å². The molecule has 0 amide bonds. The number of nitro groups is 1. The number of hydrogen-bond acceptors (Lipinski definition) is 4. The lowest BCUT2D eigenvalue weighted by Crippen LogP contribution is -2.28. The maximum absolute atomic E-state index is 12.6. The quantitative estimate of drug-likeness (QED) is 0.657. The number of pyridine rings is 1. The van der Waals surface area contributed by atoms with Crippen LogP contribution in [-0.2, 0) is 6.18 Å². The highest BCUT2D eigenvalue weighted by Crippen LogP contribution is 2.34. The van der Waals surface area contributed by atoms with E-state index in [9.17, 15) is 23.3 Å². The van der Waals surface area contributed by atoms with E-state index >= 15 is 0 Å². The number of nitrogens with zero attached hydrogens (tertiary/aromatic N) is 2. The summed E-state index contributed by atoms with van der Waals surface area (Å²) in [7, 11) is 0. The van der Waals surface area contributed by atoms with Crippen molar-refractivity contribution in [1.29, 1.82) is 0 Å². The lowest BCUT2D eigenvalue weighted by atomic mass is 9.81. The molecule has 0 spiro atoms. The van der Waals surface area contributed by atoms with Crippen molar-refractivity contribution in [2.75, 3.05) is 11.9 Å². The number of nitrogens with one attached hydrogen (secondary N) is 1. The number of aromatic nitrogens is 1. The highest BCUT2D eigenvalue weighted by Gasteiger charge is 2.34. The molecule has 0 unspecified atom stereocenters. The second-order valence-electron chi connectivity index (χ2n) is 5.84. The minimum absolute atomic E-state index is 0.170. The van der Waals surface area contributed by atoms with Gasteiger partial charge in [-0.25, -0.2) is 4.98 Å². The Balaban J connectivity index is 3.11. The van der Waals surface area contributed by atoms with Gasteiger partial charge in [-0.05, 0) is 17.4 Å². The van der Waals surface area contributed by atoms with Crippen molar-refractivity contribution in [2.24, 2.45) is 11.3 Å². The van der Waals surface area contributed by atoms with Gasteiger partial charge in [0.1, 0.15) is 17.6 Å². The van der Waals surface area contributed by atoms with Crippen molar-refractivity contribution in [3.63, 3.8) is 0 Å². The zero-order valence-corrected chi connectivity index (χ0v) is 12.3. The highest BCUT2D eigenvalue weighted by molar-refractivity contribution is 5.61. The third-order valence-corrected chi connectivity index (χ3v) is 3.67. The highest BCUT2D eigenvalue weighted by atomic mass is 19.4. The summed E-state index contributed by atoms with van der Waals surface area (Å²) in [6.07, 6.45) is -4.01. The largest absolute Gasteiger partial charge is 0.433 e. The molecule has 0 radical (unpaired) electrons. The van der Waals surface area contributed by atoms with E-state index in [4.69, 9.17) is 0 Å². The lowest BCUT2D eigenvalue weighted by molar-refractivity contribution is -0.384. The maximum atomic E-state index is 12.6. The molecule has 0 saturated heterocycles. The molecule has 0 aromatic carbocycles. The van der Waals surface area contributed by atoms with E-state index in [0.29, 0.717) is 18.8 Å². The first kappa shape index (κ1) is 17.2. The van der Waals surface area contributed by atoms with Crippen LogP contribution in [0.15, 0.2) is 12.3 Å². The predicted molar refractivity (Wildman–Crippen MR) is 73.0 cm³/mol. The van der Waals surface area contributed by atoms with E-state index in [1.54, 1.807) is 0 Å². The van der Waals surface area contributed by atoms with Crippen LogP contribution in [-0.4, -0.2) is 16.5 Å². The zero-order chi connectivity index (χ0) is 16.4. The fourth-order valence-electron chi connectivity index (χ4n) is 1.42. The van der Waals surface area contributed by atoms with Crippen LogP contribution in [0.1, 0.15) is 33.4 Å². The minimum atomic E-state index is -4.64. The molecule has 0 aliphatic carbocycles. The molecule has 0 fully saturated rings. The Morgan fingerprint density at radius 2 is 1.95 bits per heavy atom. The molecule has 0 aliphatic heterocycles. The third-order valence-electron chi connectivity index (χ3n) is 3.67. The van der Waals surface area contributed by atoms with Crippen LogP contribution in [0, 0.1) is 21.4 Å². The smallest absolute Gasteiger partial charge is 0.379 e. The van der Waals surface area contributed by atoms with Gasteiger partial charge in [-0.15, -0.1) is 0 Å². The molecule has 0 aliphatic rings. The molecule has 1 rings (SSSR count). The van der Waals surface area contributed by atoms with Gasteiger partial charge >= 0.3 is 11.9 Å². The summed E-state index contributed by atoms with van der Waals surface area (Å²) < 4.78 is 37.9. The molecule has 0 saturated carbocycles. The van der Waals surface area contributed by atoms with Crippen LogP contribution in [0.25, 0.3) is 0 Å². The fourth-order valence-corrected chi connectivity index (χ4v) is 1.42. The number of halogens is 3. The summed E-state index contributed by atoms with van der Waals surface area (Å²) in [5, 5.41) is 13.6. The van der Waals surface area contributed by atoms with Gasteiger partial charge in [-0.3, -0.25) is 10.1 Å². The normalized spacial score (nSPS) is 12.6. The summed E-state index contributed by atoms with van der Waals surface area (Å²) in [6.45, 7) is 8.13. The van der Waals surface area contributed by atoms with Crippen molar-refractivity contribution in [3.05, 3.63) is 28.1 Å². The number of anilines is 1. The average molecular weight is 305 g/mol. The number of rotatable bonds is 5. The van der Waals surface area contributed by atoms with Crippen molar-refractivity contribution in [3.8, 4) is 0 Å². The summed E-state index contributed by atoms with van der Waals surface area (Å²) in [5.74, 6) is 0.257. The van der Waals surface area contributed by atoms with Gasteiger partial charge in [-0.2, -0.15) is 13.2 Å². The Morgan fingerprint density at radius 3 is 2.38 bits per heavy atom. The standard InChI is InChI=1S/C13H18F3N3O2/c1-8(2)12(3,4)7-18-9-5-11(13(14,15)16)17-6-10(9)19(20)21/h5-6,8H,7H2,1-4H3,(H,17,18). The van der Waals surface area contributed by atoms with Gasteiger partial charge in [0, 0.05) is 6.54 Å².